The summed E-state index contributed by atoms with van der Waals surface area (Å²) in [5.74, 6) is 2.32. The molecule has 2 heterocycles. The monoisotopic (exact) mass is 363 g/mol. The first-order valence-corrected chi connectivity index (χ1v) is 9.68. The van der Waals surface area contributed by atoms with E-state index in [4.69, 9.17) is 8.83 Å². The lowest BCUT2D eigenvalue weighted by Gasteiger charge is -2.35. The summed E-state index contributed by atoms with van der Waals surface area (Å²) in [6, 6.07) is 2.05. The van der Waals surface area contributed by atoms with Crippen LogP contribution >= 0.6 is 11.8 Å². The van der Waals surface area contributed by atoms with Crippen LogP contribution in [0, 0.1) is 18.8 Å². The van der Waals surface area contributed by atoms with Crippen LogP contribution in [0.2, 0.25) is 0 Å². The molecule has 0 spiro atoms. The number of carbonyl (C=O) groups excluding carboxylic acids is 1. The van der Waals surface area contributed by atoms with Gasteiger partial charge in [0.2, 0.25) is 5.91 Å². The highest BCUT2D eigenvalue weighted by molar-refractivity contribution is 8.00. The lowest BCUT2D eigenvalue weighted by atomic mass is 9.78. The summed E-state index contributed by atoms with van der Waals surface area (Å²) >= 11 is 1.28. The molecule has 0 aromatic carbocycles. The SMILES string of the molecule is Cc1occc1-c1nnc(S[C@H](C)C(=O)N[C@@H]2CCC[C@@H](C)[C@H]2C)o1. The maximum atomic E-state index is 12.5. The van der Waals surface area contributed by atoms with Crippen molar-refractivity contribution in [1.82, 2.24) is 15.5 Å². The first-order chi connectivity index (χ1) is 12.0. The molecule has 0 saturated heterocycles. The molecule has 6 nitrogen and oxygen atoms in total. The maximum absolute atomic E-state index is 12.5. The number of amides is 1. The molecule has 136 valence electrons. The van der Waals surface area contributed by atoms with Crippen molar-refractivity contribution in [3.05, 3.63) is 18.1 Å². The van der Waals surface area contributed by atoms with E-state index in [1.807, 2.05) is 13.8 Å². The Labute approximate surface area is 152 Å². The van der Waals surface area contributed by atoms with Crippen LogP contribution in [0.4, 0.5) is 0 Å². The molecule has 3 rings (SSSR count). The molecule has 1 fully saturated rings. The average molecular weight is 363 g/mol. The average Bonchev–Trinajstić information content (AvgIpc) is 3.20. The van der Waals surface area contributed by atoms with Gasteiger partial charge in [0.15, 0.2) is 0 Å². The number of rotatable bonds is 5. The van der Waals surface area contributed by atoms with Gasteiger partial charge in [0.1, 0.15) is 5.76 Å². The normalized spacial score (nSPS) is 24.9. The predicted octanol–water partition coefficient (Wildman–Crippen LogP) is 4.06. The fraction of sp³-hybridized carbons (Fsp3) is 0.611. The van der Waals surface area contributed by atoms with Crippen LogP contribution in [-0.4, -0.2) is 27.4 Å². The number of aryl methyl sites for hydroxylation is 1. The van der Waals surface area contributed by atoms with Gasteiger partial charge in [0.25, 0.3) is 11.1 Å². The number of carbonyl (C=O) groups is 1. The van der Waals surface area contributed by atoms with Crippen molar-refractivity contribution >= 4 is 17.7 Å². The summed E-state index contributed by atoms with van der Waals surface area (Å²) in [6.45, 7) is 8.20. The molecular weight excluding hydrogens is 338 g/mol. The van der Waals surface area contributed by atoms with Gasteiger partial charge in [-0.3, -0.25) is 4.79 Å². The predicted molar refractivity (Wildman–Crippen MR) is 96.2 cm³/mol. The molecule has 4 atom stereocenters. The molecule has 0 aliphatic heterocycles. The second-order valence-electron chi connectivity index (χ2n) is 6.91. The van der Waals surface area contributed by atoms with Gasteiger partial charge in [0.05, 0.1) is 17.1 Å². The minimum Gasteiger partial charge on any atom is -0.469 e. The van der Waals surface area contributed by atoms with Gasteiger partial charge >= 0.3 is 0 Å². The standard InChI is InChI=1S/C18H25N3O3S/c1-10-6-5-7-15(11(10)2)19-16(22)13(4)25-18-21-20-17(24-18)14-8-9-23-12(14)3/h8-11,13,15H,5-7H2,1-4H3,(H,19,22)/t10-,11-,13-,15-/m1/s1. The minimum absolute atomic E-state index is 0.0233. The van der Waals surface area contributed by atoms with E-state index in [2.05, 4.69) is 29.4 Å². The second-order valence-corrected chi connectivity index (χ2v) is 8.20. The molecular formula is C18H25N3O3S. The van der Waals surface area contributed by atoms with Crippen LogP contribution in [0.1, 0.15) is 45.8 Å². The van der Waals surface area contributed by atoms with Crippen LogP contribution < -0.4 is 5.32 Å². The van der Waals surface area contributed by atoms with Crippen molar-refractivity contribution in [2.24, 2.45) is 11.8 Å². The minimum atomic E-state index is -0.289. The first-order valence-electron chi connectivity index (χ1n) is 8.80. The van der Waals surface area contributed by atoms with E-state index >= 15 is 0 Å². The molecule has 0 radical (unpaired) electrons. The number of thioether (sulfide) groups is 1. The van der Waals surface area contributed by atoms with Crippen LogP contribution in [0.15, 0.2) is 26.4 Å². The summed E-state index contributed by atoms with van der Waals surface area (Å²) in [5, 5.41) is 11.4. The molecule has 7 heteroatoms. The van der Waals surface area contributed by atoms with Crippen LogP contribution in [0.5, 0.6) is 0 Å². The molecule has 1 amide bonds. The first kappa shape index (κ1) is 18.0. The largest absolute Gasteiger partial charge is 0.469 e. The zero-order valence-corrected chi connectivity index (χ0v) is 15.9. The summed E-state index contributed by atoms with van der Waals surface area (Å²) in [6.07, 6.45) is 5.06. The third-order valence-electron chi connectivity index (χ3n) is 5.18. The summed E-state index contributed by atoms with van der Waals surface area (Å²) < 4.78 is 10.9. The van der Waals surface area contributed by atoms with Crippen LogP contribution in [-0.2, 0) is 4.79 Å². The van der Waals surface area contributed by atoms with Gasteiger partial charge in [-0.15, -0.1) is 10.2 Å². The van der Waals surface area contributed by atoms with Crippen molar-refractivity contribution in [1.29, 1.82) is 0 Å². The Kier molecular flexibility index (Phi) is 5.51. The smallest absolute Gasteiger partial charge is 0.277 e. The van der Waals surface area contributed by atoms with Crippen molar-refractivity contribution < 1.29 is 13.6 Å². The number of hydrogen-bond acceptors (Lipinski definition) is 6. The van der Waals surface area contributed by atoms with Gasteiger partial charge in [-0.1, -0.05) is 38.5 Å². The lowest BCUT2D eigenvalue weighted by molar-refractivity contribution is -0.121. The summed E-state index contributed by atoms with van der Waals surface area (Å²) in [4.78, 5) is 12.5. The number of nitrogens with one attached hydrogen (secondary N) is 1. The second kappa shape index (κ2) is 7.64. The van der Waals surface area contributed by atoms with Crippen LogP contribution in [0.3, 0.4) is 0 Å². The fourth-order valence-electron chi connectivity index (χ4n) is 3.26. The molecule has 0 bridgehead atoms. The third kappa shape index (κ3) is 4.08. The Morgan fingerprint density at radius 2 is 2.16 bits per heavy atom. The van der Waals surface area contributed by atoms with Crippen molar-refractivity contribution in [3.63, 3.8) is 0 Å². The fourth-order valence-corrected chi connectivity index (χ4v) is 3.96. The molecule has 2 aromatic rings. The maximum Gasteiger partial charge on any atom is 0.277 e. The third-order valence-corrected chi connectivity index (χ3v) is 6.11. The molecule has 0 unspecified atom stereocenters. The molecule has 1 N–H and O–H groups in total. The highest BCUT2D eigenvalue weighted by Crippen LogP contribution is 2.31. The van der Waals surface area contributed by atoms with E-state index < -0.39 is 0 Å². The van der Waals surface area contributed by atoms with E-state index in [0.29, 0.717) is 22.9 Å². The van der Waals surface area contributed by atoms with Gasteiger partial charge in [-0.25, -0.2) is 0 Å². The van der Waals surface area contributed by atoms with Gasteiger partial charge in [-0.05, 0) is 38.2 Å². The lowest BCUT2D eigenvalue weighted by Crippen LogP contribution is -2.46. The van der Waals surface area contributed by atoms with E-state index in [9.17, 15) is 4.79 Å². The van der Waals surface area contributed by atoms with E-state index in [1.165, 1.54) is 24.6 Å². The number of nitrogens with zero attached hydrogens (tertiary/aromatic N) is 2. The van der Waals surface area contributed by atoms with Crippen LogP contribution in [0.25, 0.3) is 11.5 Å². The zero-order valence-electron chi connectivity index (χ0n) is 15.1. The van der Waals surface area contributed by atoms with E-state index in [-0.39, 0.29) is 17.2 Å². The zero-order chi connectivity index (χ0) is 18.0. The van der Waals surface area contributed by atoms with E-state index in [0.717, 1.165) is 17.7 Å². The number of furan rings is 1. The van der Waals surface area contributed by atoms with Gasteiger partial charge < -0.3 is 14.2 Å². The van der Waals surface area contributed by atoms with Crippen molar-refractivity contribution in [2.75, 3.05) is 0 Å². The topological polar surface area (TPSA) is 81.2 Å². The Morgan fingerprint density at radius 1 is 1.36 bits per heavy atom. The molecule has 1 aliphatic rings. The molecule has 2 aromatic heterocycles. The summed E-state index contributed by atoms with van der Waals surface area (Å²) in [5.41, 5.74) is 0.779. The summed E-state index contributed by atoms with van der Waals surface area (Å²) in [7, 11) is 0. The highest BCUT2D eigenvalue weighted by Gasteiger charge is 2.30. The molecule has 1 saturated carbocycles. The van der Waals surface area contributed by atoms with Gasteiger partial charge in [0, 0.05) is 6.04 Å². The number of aromatic nitrogens is 2. The molecule has 1 aliphatic carbocycles. The molecule has 25 heavy (non-hydrogen) atoms. The van der Waals surface area contributed by atoms with Gasteiger partial charge in [-0.2, -0.15) is 0 Å². The Balaban J connectivity index is 1.58. The Morgan fingerprint density at radius 3 is 2.88 bits per heavy atom. The Hall–Kier alpha value is -1.76. The number of hydrogen-bond donors (Lipinski definition) is 1. The quantitative estimate of drug-likeness (QED) is 0.807. The highest BCUT2D eigenvalue weighted by atomic mass is 32.2. The van der Waals surface area contributed by atoms with E-state index in [1.54, 1.807) is 12.3 Å². The Bertz CT molecular complexity index is 727. The van der Waals surface area contributed by atoms with Crippen molar-refractivity contribution in [3.8, 4) is 11.5 Å². The van der Waals surface area contributed by atoms with Crippen molar-refractivity contribution in [2.45, 2.75) is 63.5 Å².